The second kappa shape index (κ2) is 5.91. The van der Waals surface area contributed by atoms with Crippen molar-refractivity contribution in [3.8, 4) is 5.75 Å². The maximum absolute atomic E-state index is 12.2. The standard InChI is InChI=1S/C14H13N3O4/c1-21-13-8-9(15)2-7-12(13)14(18)16-10-3-5-11(6-4-10)17(19)20/h2-8H,15H2,1H3,(H,16,18). The van der Waals surface area contributed by atoms with Crippen molar-refractivity contribution in [2.24, 2.45) is 0 Å². The van der Waals surface area contributed by atoms with Crippen LogP contribution >= 0.6 is 0 Å². The van der Waals surface area contributed by atoms with Crippen LogP contribution in [0.25, 0.3) is 0 Å². The lowest BCUT2D eigenvalue weighted by molar-refractivity contribution is -0.384. The van der Waals surface area contributed by atoms with E-state index in [0.717, 1.165) is 0 Å². The first-order valence-corrected chi connectivity index (χ1v) is 6.00. The molecule has 0 unspecified atom stereocenters. The molecule has 0 aromatic heterocycles. The smallest absolute Gasteiger partial charge is 0.269 e. The molecule has 1 amide bonds. The quantitative estimate of drug-likeness (QED) is 0.510. The molecule has 7 heteroatoms. The molecule has 0 heterocycles. The summed E-state index contributed by atoms with van der Waals surface area (Å²) >= 11 is 0. The number of nitrogens with two attached hydrogens (primary N) is 1. The van der Waals surface area contributed by atoms with Gasteiger partial charge in [-0.15, -0.1) is 0 Å². The number of nitro benzene ring substituents is 1. The van der Waals surface area contributed by atoms with Crippen LogP contribution in [0.1, 0.15) is 10.4 Å². The van der Waals surface area contributed by atoms with Crippen molar-refractivity contribution in [1.82, 2.24) is 0 Å². The highest BCUT2D eigenvalue weighted by molar-refractivity contribution is 6.06. The first-order chi connectivity index (χ1) is 10.0. The summed E-state index contributed by atoms with van der Waals surface area (Å²) in [4.78, 5) is 22.2. The third-order valence-electron chi connectivity index (χ3n) is 2.81. The minimum absolute atomic E-state index is 0.0435. The van der Waals surface area contributed by atoms with E-state index in [2.05, 4.69) is 5.32 Å². The summed E-state index contributed by atoms with van der Waals surface area (Å²) in [7, 11) is 1.44. The molecule has 0 spiro atoms. The highest BCUT2D eigenvalue weighted by Gasteiger charge is 2.13. The number of non-ortho nitro benzene ring substituents is 1. The van der Waals surface area contributed by atoms with Gasteiger partial charge in [0.05, 0.1) is 17.6 Å². The zero-order valence-electron chi connectivity index (χ0n) is 11.2. The molecule has 0 aliphatic carbocycles. The van der Waals surface area contributed by atoms with E-state index in [1.165, 1.54) is 31.4 Å². The largest absolute Gasteiger partial charge is 0.496 e. The van der Waals surface area contributed by atoms with E-state index in [0.29, 0.717) is 22.7 Å². The molecule has 2 aromatic carbocycles. The van der Waals surface area contributed by atoms with Gasteiger partial charge in [0.2, 0.25) is 0 Å². The van der Waals surface area contributed by atoms with Gasteiger partial charge < -0.3 is 15.8 Å². The number of nitrogens with one attached hydrogen (secondary N) is 1. The van der Waals surface area contributed by atoms with Crippen LogP contribution in [-0.4, -0.2) is 17.9 Å². The Balaban J connectivity index is 2.19. The monoisotopic (exact) mass is 287 g/mol. The van der Waals surface area contributed by atoms with E-state index in [1.807, 2.05) is 0 Å². The van der Waals surface area contributed by atoms with Gasteiger partial charge in [-0.3, -0.25) is 14.9 Å². The zero-order chi connectivity index (χ0) is 15.4. The minimum atomic E-state index is -0.505. The van der Waals surface area contributed by atoms with Crippen LogP contribution in [0.15, 0.2) is 42.5 Å². The molecule has 108 valence electrons. The van der Waals surface area contributed by atoms with Gasteiger partial charge in [0.15, 0.2) is 0 Å². The Kier molecular flexibility index (Phi) is 4.03. The Labute approximate surface area is 120 Å². The van der Waals surface area contributed by atoms with Crippen molar-refractivity contribution in [3.05, 3.63) is 58.1 Å². The minimum Gasteiger partial charge on any atom is -0.496 e. The van der Waals surface area contributed by atoms with Crippen molar-refractivity contribution in [2.75, 3.05) is 18.2 Å². The van der Waals surface area contributed by atoms with Crippen LogP contribution in [0.3, 0.4) is 0 Å². The number of methoxy groups -OCH3 is 1. The predicted octanol–water partition coefficient (Wildman–Crippen LogP) is 2.44. The number of ether oxygens (including phenoxy) is 1. The molecule has 0 aliphatic heterocycles. The number of nitro groups is 1. The van der Waals surface area contributed by atoms with Gasteiger partial charge in [0.1, 0.15) is 5.75 Å². The fourth-order valence-corrected chi connectivity index (χ4v) is 1.76. The van der Waals surface area contributed by atoms with Gasteiger partial charge in [-0.1, -0.05) is 0 Å². The van der Waals surface area contributed by atoms with E-state index in [1.54, 1.807) is 18.2 Å². The number of carbonyl (C=O) groups excluding carboxylic acids is 1. The van der Waals surface area contributed by atoms with Crippen LogP contribution in [-0.2, 0) is 0 Å². The van der Waals surface area contributed by atoms with E-state index < -0.39 is 4.92 Å². The second-order valence-electron chi connectivity index (χ2n) is 4.22. The third kappa shape index (κ3) is 3.27. The molecule has 2 aromatic rings. The number of hydrogen-bond donors (Lipinski definition) is 2. The molecular formula is C14H13N3O4. The number of carbonyl (C=O) groups is 1. The molecule has 0 atom stereocenters. The number of anilines is 2. The van der Waals surface area contributed by atoms with Crippen LogP contribution in [0, 0.1) is 10.1 Å². The average molecular weight is 287 g/mol. The fraction of sp³-hybridized carbons (Fsp3) is 0.0714. The first-order valence-electron chi connectivity index (χ1n) is 6.00. The van der Waals surface area contributed by atoms with Gasteiger partial charge in [-0.05, 0) is 24.3 Å². The number of hydrogen-bond acceptors (Lipinski definition) is 5. The van der Waals surface area contributed by atoms with Crippen molar-refractivity contribution < 1.29 is 14.5 Å². The van der Waals surface area contributed by atoms with Crippen molar-refractivity contribution in [2.45, 2.75) is 0 Å². The Morgan fingerprint density at radius 2 is 1.90 bits per heavy atom. The van der Waals surface area contributed by atoms with E-state index in [-0.39, 0.29) is 11.6 Å². The summed E-state index contributed by atoms with van der Waals surface area (Å²) in [5, 5.41) is 13.2. The van der Waals surface area contributed by atoms with E-state index in [4.69, 9.17) is 10.5 Å². The summed E-state index contributed by atoms with van der Waals surface area (Å²) in [6.45, 7) is 0. The number of rotatable bonds is 4. The second-order valence-corrected chi connectivity index (χ2v) is 4.22. The molecule has 7 nitrogen and oxygen atoms in total. The molecule has 0 saturated carbocycles. The van der Waals surface area contributed by atoms with Gasteiger partial charge in [-0.2, -0.15) is 0 Å². The number of amides is 1. The van der Waals surface area contributed by atoms with Gasteiger partial charge in [0, 0.05) is 29.6 Å². The maximum Gasteiger partial charge on any atom is 0.269 e. The SMILES string of the molecule is COc1cc(N)ccc1C(=O)Nc1ccc([N+](=O)[O-])cc1. The molecule has 0 aliphatic rings. The Bertz CT molecular complexity index is 683. The van der Waals surface area contributed by atoms with Gasteiger partial charge in [0.25, 0.3) is 11.6 Å². The lowest BCUT2D eigenvalue weighted by atomic mass is 10.1. The first kappa shape index (κ1) is 14.3. The molecule has 3 N–H and O–H groups in total. The normalized spacial score (nSPS) is 9.95. The van der Waals surface area contributed by atoms with Crippen molar-refractivity contribution in [3.63, 3.8) is 0 Å². The van der Waals surface area contributed by atoms with E-state index >= 15 is 0 Å². The van der Waals surface area contributed by atoms with Gasteiger partial charge in [-0.25, -0.2) is 0 Å². The Morgan fingerprint density at radius 3 is 2.48 bits per heavy atom. The molecule has 0 bridgehead atoms. The molecule has 0 radical (unpaired) electrons. The topological polar surface area (TPSA) is 107 Å². The molecule has 0 fully saturated rings. The van der Waals surface area contributed by atoms with E-state index in [9.17, 15) is 14.9 Å². The highest BCUT2D eigenvalue weighted by Crippen LogP contribution is 2.23. The maximum atomic E-state index is 12.2. The average Bonchev–Trinajstić information content (AvgIpc) is 2.47. The van der Waals surface area contributed by atoms with Crippen molar-refractivity contribution in [1.29, 1.82) is 0 Å². The molecule has 0 saturated heterocycles. The Morgan fingerprint density at radius 1 is 1.24 bits per heavy atom. The van der Waals surface area contributed by atoms with Crippen LogP contribution in [0.4, 0.5) is 17.1 Å². The summed E-state index contributed by atoms with van der Waals surface area (Å²) in [5.41, 5.74) is 6.84. The number of benzene rings is 2. The third-order valence-corrected chi connectivity index (χ3v) is 2.81. The summed E-state index contributed by atoms with van der Waals surface area (Å²) < 4.78 is 5.11. The van der Waals surface area contributed by atoms with Crippen LogP contribution in [0.5, 0.6) is 5.75 Å². The fourth-order valence-electron chi connectivity index (χ4n) is 1.76. The summed E-state index contributed by atoms with van der Waals surface area (Å²) in [6, 6.07) is 10.2. The number of nitrogens with zero attached hydrogens (tertiary/aromatic N) is 1. The summed E-state index contributed by atoms with van der Waals surface area (Å²) in [5.74, 6) is -0.0323. The number of nitrogen functional groups attached to an aromatic ring is 1. The predicted molar refractivity (Wildman–Crippen MR) is 78.5 cm³/mol. The molecule has 2 rings (SSSR count). The lowest BCUT2D eigenvalue weighted by Gasteiger charge is -2.10. The molecule has 21 heavy (non-hydrogen) atoms. The van der Waals surface area contributed by atoms with Crippen LogP contribution < -0.4 is 15.8 Å². The Hall–Kier alpha value is -3.09. The van der Waals surface area contributed by atoms with Gasteiger partial charge >= 0.3 is 0 Å². The summed E-state index contributed by atoms with van der Waals surface area (Å²) in [6.07, 6.45) is 0. The lowest BCUT2D eigenvalue weighted by Crippen LogP contribution is -2.13. The highest BCUT2D eigenvalue weighted by atomic mass is 16.6. The molecular weight excluding hydrogens is 274 g/mol. The van der Waals surface area contributed by atoms with Crippen LogP contribution in [0.2, 0.25) is 0 Å². The van der Waals surface area contributed by atoms with Crippen molar-refractivity contribution >= 4 is 23.0 Å². The zero-order valence-corrected chi connectivity index (χ0v) is 11.2.